The van der Waals surface area contributed by atoms with Crippen molar-refractivity contribution in [2.45, 2.75) is 87.0 Å². The first kappa shape index (κ1) is 33.1. The Morgan fingerprint density at radius 2 is 1.82 bits per heavy atom. The van der Waals surface area contributed by atoms with Crippen molar-refractivity contribution in [1.82, 2.24) is 9.88 Å². The fourth-order valence-corrected chi connectivity index (χ4v) is 5.29. The van der Waals surface area contributed by atoms with Crippen LogP contribution in [0.2, 0.25) is 0 Å². The van der Waals surface area contributed by atoms with Crippen LogP contribution in [0, 0.1) is 17.2 Å². The van der Waals surface area contributed by atoms with Crippen LogP contribution >= 0.6 is 11.3 Å². The summed E-state index contributed by atoms with van der Waals surface area (Å²) in [4.78, 5) is 7.95. The van der Waals surface area contributed by atoms with Crippen molar-refractivity contribution in [3.63, 3.8) is 0 Å². The van der Waals surface area contributed by atoms with E-state index < -0.39 is 0 Å². The van der Waals surface area contributed by atoms with Crippen LogP contribution in [0.1, 0.15) is 90.0 Å². The van der Waals surface area contributed by atoms with Gasteiger partial charge < -0.3 is 4.90 Å². The summed E-state index contributed by atoms with van der Waals surface area (Å²) in [5, 5.41) is 10.5. The van der Waals surface area contributed by atoms with E-state index in [-0.39, 0.29) is 0 Å². The number of nitriles is 1. The Morgan fingerprint density at radius 3 is 2.39 bits per heavy atom. The number of fused-ring (bicyclic) bond motifs is 1. The lowest BCUT2D eigenvalue weighted by molar-refractivity contribution is 0.487. The molecule has 0 N–H and O–H groups in total. The highest BCUT2D eigenvalue weighted by atomic mass is 32.1. The third-order valence-corrected chi connectivity index (χ3v) is 7.27. The zero-order valence-corrected chi connectivity index (χ0v) is 26.1. The minimum absolute atomic E-state index is 0.541. The van der Waals surface area contributed by atoms with Gasteiger partial charge in [-0.25, -0.2) is 4.98 Å². The molecule has 38 heavy (non-hydrogen) atoms. The maximum atomic E-state index is 9.52. The standard InChI is InChI=1S/C23H22N2S.C7H15N.2C2H6/c1-15(2)11-17-9-10-18(12-19(17)13-24)23-25-14-22(26-23)21-8-4-6-16-5-3-7-20(16)21;1-5-6-7(2)8(3)4;2*1-2/h4,6,8-10,12,14-15H,3,5,7,11H2,1-2H3;2,5-6H2,1,3-4H3;2*1-2H3. The Bertz CT molecular complexity index is 1160. The lowest BCUT2D eigenvalue weighted by atomic mass is 9.97. The van der Waals surface area contributed by atoms with Gasteiger partial charge >= 0.3 is 0 Å². The average Bonchev–Trinajstić information content (AvgIpc) is 3.61. The van der Waals surface area contributed by atoms with E-state index in [0.717, 1.165) is 34.5 Å². The van der Waals surface area contributed by atoms with Gasteiger partial charge in [0.05, 0.1) is 16.5 Å². The highest BCUT2D eigenvalue weighted by molar-refractivity contribution is 7.18. The van der Waals surface area contributed by atoms with Gasteiger partial charge in [-0.3, -0.25) is 0 Å². The summed E-state index contributed by atoms with van der Waals surface area (Å²) >= 11 is 1.72. The van der Waals surface area contributed by atoms with Gasteiger partial charge in [-0.05, 0) is 66.3 Å². The Labute approximate surface area is 237 Å². The molecule has 1 aromatic heterocycles. The highest BCUT2D eigenvalue weighted by Crippen LogP contribution is 2.38. The van der Waals surface area contributed by atoms with Crippen molar-refractivity contribution in [3.8, 4) is 27.1 Å². The van der Waals surface area contributed by atoms with Crippen molar-refractivity contribution >= 4 is 11.3 Å². The highest BCUT2D eigenvalue weighted by Gasteiger charge is 2.17. The number of hydrogen-bond acceptors (Lipinski definition) is 4. The molecule has 206 valence electrons. The third-order valence-electron chi connectivity index (χ3n) is 6.19. The number of aromatic nitrogens is 1. The molecule has 0 spiro atoms. The molecule has 0 atom stereocenters. The second-order valence-corrected chi connectivity index (χ2v) is 10.6. The van der Waals surface area contributed by atoms with E-state index in [0.29, 0.717) is 5.92 Å². The molecule has 0 radical (unpaired) electrons. The summed E-state index contributed by atoms with van der Waals surface area (Å²) in [6.07, 6.45) is 8.84. The van der Waals surface area contributed by atoms with E-state index in [1.807, 2.05) is 54.1 Å². The van der Waals surface area contributed by atoms with Crippen LogP contribution in [0.25, 0.3) is 21.0 Å². The molecular formula is C34H49N3S. The number of rotatable bonds is 7. The maximum Gasteiger partial charge on any atom is 0.123 e. The molecule has 4 heteroatoms. The van der Waals surface area contributed by atoms with Gasteiger partial charge in [-0.1, -0.05) is 91.8 Å². The molecule has 0 fully saturated rings. The quantitative estimate of drug-likeness (QED) is 0.304. The Kier molecular flexibility index (Phi) is 15.3. The van der Waals surface area contributed by atoms with Crippen LogP contribution < -0.4 is 0 Å². The van der Waals surface area contributed by atoms with Crippen LogP contribution in [0.15, 0.2) is 54.9 Å². The molecule has 1 heterocycles. The van der Waals surface area contributed by atoms with Gasteiger partial charge in [-0.2, -0.15) is 5.26 Å². The number of aryl methyl sites for hydroxylation is 1. The molecule has 3 nitrogen and oxygen atoms in total. The van der Waals surface area contributed by atoms with E-state index in [1.54, 1.807) is 11.3 Å². The van der Waals surface area contributed by atoms with Crippen molar-refractivity contribution in [3.05, 3.63) is 77.1 Å². The first-order valence-electron chi connectivity index (χ1n) is 14.3. The normalized spacial score (nSPS) is 11.1. The smallest absolute Gasteiger partial charge is 0.123 e. The summed E-state index contributed by atoms with van der Waals surface area (Å²) in [5.74, 6) is 0.541. The van der Waals surface area contributed by atoms with Gasteiger partial charge in [0.15, 0.2) is 0 Å². The molecule has 3 aromatic rings. The molecule has 4 rings (SSSR count). The summed E-state index contributed by atoms with van der Waals surface area (Å²) < 4.78 is 0. The number of allylic oxidation sites excluding steroid dienone is 1. The summed E-state index contributed by atoms with van der Waals surface area (Å²) in [6.45, 7) is 18.4. The lowest BCUT2D eigenvalue weighted by Gasteiger charge is -2.13. The van der Waals surface area contributed by atoms with E-state index in [1.165, 1.54) is 52.9 Å². The van der Waals surface area contributed by atoms with Crippen molar-refractivity contribution in [2.24, 2.45) is 5.92 Å². The molecule has 0 bridgehead atoms. The van der Waals surface area contributed by atoms with Crippen LogP contribution in [-0.2, 0) is 19.3 Å². The van der Waals surface area contributed by atoms with E-state index in [2.05, 4.69) is 73.6 Å². The molecule has 1 aliphatic carbocycles. The van der Waals surface area contributed by atoms with Crippen LogP contribution in [0.5, 0.6) is 0 Å². The number of thiazole rings is 1. The summed E-state index contributed by atoms with van der Waals surface area (Å²) in [5.41, 5.74) is 8.47. The van der Waals surface area contributed by atoms with Crippen LogP contribution in [0.3, 0.4) is 0 Å². The maximum absolute atomic E-state index is 9.52. The molecule has 0 unspecified atom stereocenters. The third kappa shape index (κ3) is 9.44. The first-order chi connectivity index (χ1) is 18.3. The van der Waals surface area contributed by atoms with Crippen LogP contribution in [-0.4, -0.2) is 24.0 Å². The van der Waals surface area contributed by atoms with Gasteiger partial charge in [0.2, 0.25) is 0 Å². The molecule has 0 amide bonds. The predicted molar refractivity (Wildman–Crippen MR) is 169 cm³/mol. The Balaban J connectivity index is 0.000000514. The van der Waals surface area contributed by atoms with Crippen molar-refractivity contribution in [1.29, 1.82) is 5.26 Å². The first-order valence-corrected chi connectivity index (χ1v) is 15.1. The molecule has 2 aromatic carbocycles. The Hall–Kier alpha value is -2.90. The predicted octanol–water partition coefficient (Wildman–Crippen LogP) is 9.95. The van der Waals surface area contributed by atoms with Gasteiger partial charge in [0.1, 0.15) is 5.01 Å². The van der Waals surface area contributed by atoms with E-state index in [9.17, 15) is 5.26 Å². The summed E-state index contributed by atoms with van der Waals surface area (Å²) in [6, 6.07) is 15.2. The number of nitrogens with zero attached hydrogens (tertiary/aromatic N) is 3. The second-order valence-electron chi connectivity index (χ2n) is 9.62. The van der Waals surface area contributed by atoms with E-state index in [4.69, 9.17) is 0 Å². The fourth-order valence-electron chi connectivity index (χ4n) is 4.33. The minimum atomic E-state index is 0.541. The largest absolute Gasteiger partial charge is 0.381 e. The monoisotopic (exact) mass is 531 g/mol. The SMILES string of the molecule is C=C(CCC)N(C)C.CC.CC.CC(C)Cc1ccc(-c2ncc(-c3cccc4c3CCC4)s2)cc1C#N. The van der Waals surface area contributed by atoms with Gasteiger partial charge in [-0.15, -0.1) is 11.3 Å². The molecular weight excluding hydrogens is 482 g/mol. The molecule has 1 aliphatic rings. The summed E-state index contributed by atoms with van der Waals surface area (Å²) in [7, 11) is 4.05. The lowest BCUT2D eigenvalue weighted by Crippen LogP contribution is -2.08. The molecule has 0 aliphatic heterocycles. The average molecular weight is 532 g/mol. The molecule has 0 saturated heterocycles. The number of hydrogen-bond donors (Lipinski definition) is 0. The second kappa shape index (κ2) is 17.6. The van der Waals surface area contributed by atoms with Gasteiger partial charge in [0.25, 0.3) is 0 Å². The Morgan fingerprint density at radius 1 is 1.11 bits per heavy atom. The number of benzene rings is 2. The van der Waals surface area contributed by atoms with E-state index >= 15 is 0 Å². The molecule has 0 saturated carbocycles. The van der Waals surface area contributed by atoms with Crippen molar-refractivity contribution in [2.75, 3.05) is 14.1 Å². The fraction of sp³-hybridized carbons (Fsp3) is 0.471. The zero-order valence-electron chi connectivity index (χ0n) is 25.3. The minimum Gasteiger partial charge on any atom is -0.381 e. The van der Waals surface area contributed by atoms with Crippen molar-refractivity contribution < 1.29 is 0 Å². The van der Waals surface area contributed by atoms with Gasteiger partial charge in [0, 0.05) is 31.6 Å². The van der Waals surface area contributed by atoms with Crippen LogP contribution in [0.4, 0.5) is 0 Å². The topological polar surface area (TPSA) is 39.9 Å². The zero-order chi connectivity index (χ0) is 28.7.